The van der Waals surface area contributed by atoms with Crippen molar-refractivity contribution in [3.05, 3.63) is 49.1 Å². The monoisotopic (exact) mass is 196 g/mol. The van der Waals surface area contributed by atoms with Crippen molar-refractivity contribution in [3.8, 4) is 0 Å². The number of hydrogen-bond donors (Lipinski definition) is 0. The summed E-state index contributed by atoms with van der Waals surface area (Å²) in [5, 5.41) is 0. The fraction of sp³-hybridized carbons (Fsp3) is 0.308. The minimum atomic E-state index is 0.488. The third kappa shape index (κ3) is 0.965. The van der Waals surface area contributed by atoms with E-state index in [-0.39, 0.29) is 0 Å². The van der Waals surface area contributed by atoms with E-state index in [4.69, 9.17) is 0 Å². The van der Waals surface area contributed by atoms with Gasteiger partial charge in [-0.1, -0.05) is 30.4 Å². The molecule has 5 rings (SSSR count). The molecule has 1 heterocycles. The zero-order valence-corrected chi connectivity index (χ0v) is 8.32. The van der Waals surface area contributed by atoms with Crippen molar-refractivity contribution in [3.63, 3.8) is 0 Å². The molecule has 1 aromatic heterocycles. The van der Waals surface area contributed by atoms with Crippen LogP contribution >= 0.6 is 0 Å². The number of allylic oxidation sites excluding steroid dienone is 6. The van der Waals surface area contributed by atoms with Gasteiger partial charge in [-0.3, -0.25) is 0 Å². The molecular formula is C13H12N2. The van der Waals surface area contributed by atoms with Crippen LogP contribution in [0.1, 0.15) is 0 Å². The van der Waals surface area contributed by atoms with Crippen molar-refractivity contribution in [1.82, 2.24) is 9.55 Å². The van der Waals surface area contributed by atoms with Crippen LogP contribution in [-0.2, 0) is 0 Å². The summed E-state index contributed by atoms with van der Waals surface area (Å²) >= 11 is 0. The quantitative estimate of drug-likeness (QED) is 0.630. The van der Waals surface area contributed by atoms with Crippen LogP contribution < -0.4 is 0 Å². The first-order chi connectivity index (χ1) is 7.43. The van der Waals surface area contributed by atoms with E-state index in [9.17, 15) is 0 Å². The molecule has 0 saturated heterocycles. The van der Waals surface area contributed by atoms with Crippen molar-refractivity contribution in [1.29, 1.82) is 0 Å². The summed E-state index contributed by atoms with van der Waals surface area (Å²) < 4.78 is 2.17. The molecule has 0 radical (unpaired) electrons. The average molecular weight is 196 g/mol. The summed E-state index contributed by atoms with van der Waals surface area (Å²) in [6.07, 6.45) is 17.6. The molecule has 0 spiro atoms. The predicted octanol–water partition coefficient (Wildman–Crippen LogP) is 2.34. The molecular weight excluding hydrogens is 184 g/mol. The normalized spacial score (nSPS) is 39.9. The second-order valence-corrected chi connectivity index (χ2v) is 4.59. The Kier molecular flexibility index (Phi) is 1.29. The Morgan fingerprint density at radius 2 is 1.87 bits per heavy atom. The van der Waals surface area contributed by atoms with Crippen LogP contribution in [0, 0.1) is 23.7 Å². The molecule has 0 N–H and O–H groups in total. The van der Waals surface area contributed by atoms with Crippen LogP contribution in [0.3, 0.4) is 0 Å². The van der Waals surface area contributed by atoms with E-state index >= 15 is 0 Å². The standard InChI is InChI=1S/C13H12N2/c1-3-10-11-4-2-9(1)7-12(13(10)11)15-6-5-14-8-15/h1-11,13H/t9?,10-,11+,13?. The lowest BCUT2D eigenvalue weighted by Gasteiger charge is -2.07. The summed E-state index contributed by atoms with van der Waals surface area (Å²) in [4.78, 5) is 4.13. The van der Waals surface area contributed by atoms with Gasteiger partial charge in [0.05, 0.1) is 6.33 Å². The van der Waals surface area contributed by atoms with Crippen molar-refractivity contribution < 1.29 is 0 Å². The van der Waals surface area contributed by atoms with Crippen LogP contribution in [0.4, 0.5) is 0 Å². The van der Waals surface area contributed by atoms with E-state index in [1.54, 1.807) is 0 Å². The first-order valence-corrected chi connectivity index (χ1v) is 5.50. The molecule has 4 aliphatic carbocycles. The minimum absolute atomic E-state index is 0.488. The summed E-state index contributed by atoms with van der Waals surface area (Å²) in [5.74, 6) is 2.66. The average Bonchev–Trinajstić information content (AvgIpc) is 2.84. The van der Waals surface area contributed by atoms with Crippen molar-refractivity contribution in [2.24, 2.45) is 23.7 Å². The molecule has 1 saturated carbocycles. The van der Waals surface area contributed by atoms with Crippen LogP contribution in [0.2, 0.25) is 0 Å². The Labute approximate surface area is 88.6 Å². The Balaban J connectivity index is 1.85. The first kappa shape index (κ1) is 7.69. The van der Waals surface area contributed by atoms with Gasteiger partial charge in [-0.05, 0) is 11.8 Å². The highest BCUT2D eigenvalue weighted by Gasteiger charge is 2.51. The van der Waals surface area contributed by atoms with Gasteiger partial charge >= 0.3 is 0 Å². The first-order valence-electron chi connectivity index (χ1n) is 5.50. The molecule has 0 aromatic carbocycles. The van der Waals surface area contributed by atoms with Crippen molar-refractivity contribution in [2.45, 2.75) is 0 Å². The lowest BCUT2D eigenvalue weighted by molar-refractivity contribution is 0.904. The van der Waals surface area contributed by atoms with Crippen LogP contribution in [0.5, 0.6) is 0 Å². The Morgan fingerprint density at radius 1 is 1.07 bits per heavy atom. The second-order valence-electron chi connectivity index (χ2n) is 4.59. The van der Waals surface area contributed by atoms with Gasteiger partial charge in [-0.25, -0.2) is 4.98 Å². The summed E-state index contributed by atoms with van der Waals surface area (Å²) in [6.45, 7) is 0. The van der Waals surface area contributed by atoms with E-state index in [0.29, 0.717) is 11.8 Å². The molecule has 2 unspecified atom stereocenters. The molecule has 0 amide bonds. The van der Waals surface area contributed by atoms with Crippen molar-refractivity contribution >= 4 is 5.70 Å². The third-order valence-corrected chi connectivity index (χ3v) is 3.75. The lowest BCUT2D eigenvalue weighted by atomic mass is 10.1. The summed E-state index contributed by atoms with van der Waals surface area (Å²) in [6, 6.07) is 0. The van der Waals surface area contributed by atoms with Crippen LogP contribution in [0.25, 0.3) is 5.70 Å². The van der Waals surface area contributed by atoms with E-state index in [2.05, 4.69) is 39.9 Å². The van der Waals surface area contributed by atoms with E-state index in [0.717, 1.165) is 11.8 Å². The van der Waals surface area contributed by atoms with Crippen LogP contribution in [0.15, 0.2) is 49.1 Å². The molecule has 15 heavy (non-hydrogen) atoms. The summed E-state index contributed by atoms with van der Waals surface area (Å²) in [7, 11) is 0. The smallest absolute Gasteiger partial charge is 0.0989 e. The maximum absolute atomic E-state index is 4.13. The molecule has 74 valence electrons. The fourth-order valence-electron chi connectivity index (χ4n) is 2.92. The predicted molar refractivity (Wildman–Crippen MR) is 58.7 cm³/mol. The van der Waals surface area contributed by atoms with Crippen molar-refractivity contribution in [2.75, 3.05) is 0 Å². The Hall–Kier alpha value is -1.57. The molecule has 1 fully saturated rings. The van der Waals surface area contributed by atoms with E-state index in [1.807, 2.05) is 18.7 Å². The largest absolute Gasteiger partial charge is 0.310 e. The zero-order chi connectivity index (χ0) is 9.83. The van der Waals surface area contributed by atoms with Gasteiger partial charge in [0.1, 0.15) is 0 Å². The number of imidazole rings is 1. The fourth-order valence-corrected chi connectivity index (χ4v) is 2.92. The highest BCUT2D eigenvalue weighted by atomic mass is 15.0. The molecule has 2 nitrogen and oxygen atoms in total. The van der Waals surface area contributed by atoms with Gasteiger partial charge in [-0.15, -0.1) is 0 Å². The number of aromatic nitrogens is 2. The lowest BCUT2D eigenvalue weighted by Crippen LogP contribution is -1.98. The second kappa shape index (κ2) is 2.51. The maximum atomic E-state index is 4.13. The topological polar surface area (TPSA) is 17.8 Å². The number of nitrogens with zero attached hydrogens (tertiary/aromatic N) is 2. The van der Waals surface area contributed by atoms with E-state index < -0.39 is 0 Å². The van der Waals surface area contributed by atoms with Gasteiger partial charge in [0.25, 0.3) is 0 Å². The van der Waals surface area contributed by atoms with Gasteiger partial charge < -0.3 is 4.57 Å². The molecule has 2 heteroatoms. The SMILES string of the molecule is C1=C[C@@H]2C3C(n4ccnc4)=CC1C=C[C@@H]32. The van der Waals surface area contributed by atoms with E-state index in [1.165, 1.54) is 5.70 Å². The third-order valence-electron chi connectivity index (χ3n) is 3.75. The Bertz CT molecular complexity index is 459. The molecule has 4 aliphatic rings. The maximum Gasteiger partial charge on any atom is 0.0989 e. The number of rotatable bonds is 1. The molecule has 4 atom stereocenters. The number of hydrogen-bond acceptors (Lipinski definition) is 1. The van der Waals surface area contributed by atoms with Gasteiger partial charge in [0, 0.05) is 29.9 Å². The highest BCUT2D eigenvalue weighted by molar-refractivity contribution is 5.59. The van der Waals surface area contributed by atoms with Gasteiger partial charge in [-0.2, -0.15) is 0 Å². The summed E-state index contributed by atoms with van der Waals surface area (Å²) in [5.41, 5.74) is 1.43. The molecule has 0 aliphatic heterocycles. The minimum Gasteiger partial charge on any atom is -0.310 e. The Morgan fingerprint density at radius 3 is 2.53 bits per heavy atom. The van der Waals surface area contributed by atoms with Gasteiger partial charge in [0.15, 0.2) is 0 Å². The highest BCUT2D eigenvalue weighted by Crippen LogP contribution is 2.57. The van der Waals surface area contributed by atoms with Crippen LogP contribution in [-0.4, -0.2) is 9.55 Å². The molecule has 4 bridgehead atoms. The molecule has 1 aromatic rings. The zero-order valence-electron chi connectivity index (χ0n) is 8.32. The van der Waals surface area contributed by atoms with Gasteiger partial charge in [0.2, 0.25) is 0 Å².